The number of methoxy groups -OCH3 is 1. The standard InChI is InChI=1S/C25H19Cl2N3O8S2/c1-37-15-6-10(2-5-14(15)38-9-16(31)28-11-3-4-12(26)13(27)7-11)18-19-21(39-22-20(18)40-25(36)29-22)24(35)30(23(19)34)8-17(32)33/h2-7,18-19,21H,8-9H2,1H3,(H,28,31)(H,29,36)(H,32,33)/t18-,19+,21-/m0/s1. The van der Waals surface area contributed by atoms with Crippen LogP contribution < -0.4 is 19.7 Å². The van der Waals surface area contributed by atoms with E-state index in [-0.39, 0.29) is 28.0 Å². The molecule has 0 unspecified atom stereocenters. The van der Waals surface area contributed by atoms with E-state index in [1.807, 2.05) is 0 Å². The number of carbonyl (C=O) groups excluding carboxylic acids is 3. The summed E-state index contributed by atoms with van der Waals surface area (Å²) < 4.78 is 11.2. The van der Waals surface area contributed by atoms with Crippen LogP contribution in [0.5, 0.6) is 11.5 Å². The van der Waals surface area contributed by atoms with Gasteiger partial charge in [-0.2, -0.15) is 0 Å². The average Bonchev–Trinajstić information content (AvgIpc) is 3.39. The summed E-state index contributed by atoms with van der Waals surface area (Å²) in [6, 6.07) is 9.46. The summed E-state index contributed by atoms with van der Waals surface area (Å²) in [6.45, 7) is -1.11. The van der Waals surface area contributed by atoms with E-state index in [4.69, 9.17) is 32.7 Å². The molecule has 0 bridgehead atoms. The Morgan fingerprint density at radius 1 is 1.07 bits per heavy atom. The Kier molecular flexibility index (Phi) is 7.82. The minimum atomic E-state index is -1.31. The number of hydrogen-bond acceptors (Lipinski definition) is 9. The normalized spacial score (nSPS) is 19.7. The van der Waals surface area contributed by atoms with Crippen LogP contribution in [0.25, 0.3) is 0 Å². The van der Waals surface area contributed by atoms with Gasteiger partial charge in [-0.25, -0.2) is 0 Å². The van der Waals surface area contributed by atoms with Crippen molar-refractivity contribution >= 4 is 75.7 Å². The van der Waals surface area contributed by atoms with Gasteiger partial charge in [0, 0.05) is 16.5 Å². The van der Waals surface area contributed by atoms with Crippen molar-refractivity contribution in [3.8, 4) is 11.5 Å². The van der Waals surface area contributed by atoms with E-state index in [0.717, 1.165) is 28.0 Å². The molecule has 208 valence electrons. The number of amides is 3. The van der Waals surface area contributed by atoms with E-state index in [2.05, 4.69) is 10.3 Å². The number of carbonyl (C=O) groups is 4. The number of ether oxygens (including phenoxy) is 2. The lowest BCUT2D eigenvalue weighted by Crippen LogP contribution is -2.36. The molecule has 1 fully saturated rings. The van der Waals surface area contributed by atoms with Crippen LogP contribution >= 0.6 is 46.3 Å². The molecule has 0 radical (unpaired) electrons. The van der Waals surface area contributed by atoms with Gasteiger partial charge in [0.2, 0.25) is 11.8 Å². The smallest absolute Gasteiger partial charge is 0.323 e. The van der Waals surface area contributed by atoms with Gasteiger partial charge in [-0.1, -0.05) is 52.4 Å². The number of carboxylic acid groups (broad SMARTS) is 1. The fraction of sp³-hybridized carbons (Fsp3) is 0.240. The van der Waals surface area contributed by atoms with Gasteiger partial charge in [0.25, 0.3) is 5.91 Å². The van der Waals surface area contributed by atoms with E-state index < -0.39 is 47.3 Å². The Bertz CT molecular complexity index is 1610. The molecule has 3 N–H and O–H groups in total. The van der Waals surface area contributed by atoms with Crippen molar-refractivity contribution in [1.82, 2.24) is 9.88 Å². The number of aliphatic carboxylic acids is 1. The van der Waals surface area contributed by atoms with Gasteiger partial charge in [-0.15, -0.1) is 0 Å². The van der Waals surface area contributed by atoms with Crippen LogP contribution in [0.2, 0.25) is 10.0 Å². The number of thioether (sulfide) groups is 1. The Labute approximate surface area is 244 Å². The molecular formula is C25H19Cl2N3O8S2. The summed E-state index contributed by atoms with van der Waals surface area (Å²) in [4.78, 5) is 65.9. The predicted molar refractivity (Wildman–Crippen MR) is 148 cm³/mol. The second-order valence-electron chi connectivity index (χ2n) is 8.78. The van der Waals surface area contributed by atoms with Crippen LogP contribution in [-0.2, 0) is 19.2 Å². The number of thiazole rings is 1. The van der Waals surface area contributed by atoms with Crippen molar-refractivity contribution in [3.63, 3.8) is 0 Å². The zero-order valence-electron chi connectivity index (χ0n) is 20.4. The minimum absolute atomic E-state index is 0.237. The number of rotatable bonds is 8. The van der Waals surface area contributed by atoms with Gasteiger partial charge < -0.3 is 24.9 Å². The predicted octanol–water partition coefficient (Wildman–Crippen LogP) is 3.45. The molecule has 15 heteroatoms. The number of imide groups is 1. The summed E-state index contributed by atoms with van der Waals surface area (Å²) in [7, 11) is 1.40. The molecule has 2 aliphatic heterocycles. The summed E-state index contributed by atoms with van der Waals surface area (Å²) >= 11 is 13.9. The molecule has 3 aromatic rings. The number of halogens is 2. The fourth-order valence-electron chi connectivity index (χ4n) is 4.64. The van der Waals surface area contributed by atoms with E-state index >= 15 is 0 Å². The third-order valence-electron chi connectivity index (χ3n) is 6.32. The molecule has 2 aliphatic rings. The largest absolute Gasteiger partial charge is 0.493 e. The number of hydrogen-bond donors (Lipinski definition) is 3. The van der Waals surface area contributed by atoms with Crippen molar-refractivity contribution in [1.29, 1.82) is 0 Å². The van der Waals surface area contributed by atoms with E-state index in [9.17, 15) is 29.1 Å². The third-order valence-corrected chi connectivity index (χ3v) is 9.46. The highest BCUT2D eigenvalue weighted by atomic mass is 35.5. The highest BCUT2D eigenvalue weighted by Crippen LogP contribution is 2.53. The van der Waals surface area contributed by atoms with Gasteiger partial charge in [0.1, 0.15) is 11.8 Å². The molecule has 0 saturated carbocycles. The summed E-state index contributed by atoms with van der Waals surface area (Å²) in [5, 5.41) is 12.1. The van der Waals surface area contributed by atoms with Gasteiger partial charge in [-0.05, 0) is 35.9 Å². The summed E-state index contributed by atoms with van der Waals surface area (Å²) in [6.07, 6.45) is 0. The summed E-state index contributed by atoms with van der Waals surface area (Å²) in [5.41, 5.74) is 0.985. The second-order valence-corrected chi connectivity index (χ2v) is 11.8. The zero-order chi connectivity index (χ0) is 28.7. The van der Waals surface area contributed by atoms with Crippen molar-refractivity contribution in [2.45, 2.75) is 16.2 Å². The van der Waals surface area contributed by atoms with Gasteiger partial charge in [0.05, 0.1) is 28.1 Å². The quantitative estimate of drug-likeness (QED) is 0.320. The van der Waals surface area contributed by atoms with Crippen LogP contribution in [0.1, 0.15) is 16.4 Å². The fourth-order valence-corrected chi connectivity index (χ4v) is 7.47. The number of H-pyrrole nitrogens is 1. The van der Waals surface area contributed by atoms with Crippen LogP contribution in [0.15, 0.2) is 46.2 Å². The Hall–Kier alpha value is -3.52. The molecule has 40 heavy (non-hydrogen) atoms. The lowest BCUT2D eigenvalue weighted by Gasteiger charge is -2.30. The SMILES string of the molecule is COc1cc([C@@H]2c3sc(=O)[nH]c3S[C@@H]3C(=O)N(CC(=O)O)C(=O)[C@H]23)ccc1OCC(=O)Nc1ccc(Cl)c(Cl)c1. The average molecular weight is 624 g/mol. The number of nitrogens with zero attached hydrogens (tertiary/aromatic N) is 1. The van der Waals surface area contributed by atoms with Crippen molar-refractivity contribution in [2.75, 3.05) is 25.6 Å². The maximum absolute atomic E-state index is 13.3. The molecule has 5 rings (SSSR count). The maximum atomic E-state index is 13.3. The van der Waals surface area contributed by atoms with E-state index in [0.29, 0.717) is 26.2 Å². The molecule has 0 aliphatic carbocycles. The molecule has 1 saturated heterocycles. The first kappa shape index (κ1) is 28.0. The molecule has 0 spiro atoms. The zero-order valence-corrected chi connectivity index (χ0v) is 23.6. The number of aromatic nitrogens is 1. The maximum Gasteiger partial charge on any atom is 0.323 e. The van der Waals surface area contributed by atoms with Gasteiger partial charge in [-0.3, -0.25) is 28.9 Å². The van der Waals surface area contributed by atoms with Crippen LogP contribution in [0.3, 0.4) is 0 Å². The van der Waals surface area contributed by atoms with Crippen LogP contribution in [0.4, 0.5) is 5.69 Å². The lowest BCUT2D eigenvalue weighted by atomic mass is 9.83. The summed E-state index contributed by atoms with van der Waals surface area (Å²) in [5.74, 6) is -4.18. The molecule has 3 amide bonds. The highest BCUT2D eigenvalue weighted by Gasteiger charge is 2.56. The van der Waals surface area contributed by atoms with E-state index in [1.54, 1.807) is 30.3 Å². The lowest BCUT2D eigenvalue weighted by molar-refractivity contribution is -0.149. The topological polar surface area (TPSA) is 155 Å². The number of carboxylic acids is 1. The first-order valence-electron chi connectivity index (χ1n) is 11.6. The molecule has 3 atom stereocenters. The third kappa shape index (κ3) is 5.29. The number of anilines is 1. The van der Waals surface area contributed by atoms with Crippen molar-refractivity contribution < 1.29 is 33.8 Å². The molecule has 1 aromatic heterocycles. The first-order valence-corrected chi connectivity index (χ1v) is 14.0. The van der Waals surface area contributed by atoms with Crippen molar-refractivity contribution in [3.05, 3.63) is 66.6 Å². The number of nitrogens with one attached hydrogen (secondary N) is 2. The van der Waals surface area contributed by atoms with Gasteiger partial charge in [0.15, 0.2) is 18.1 Å². The number of benzene rings is 2. The number of aromatic amines is 1. The molecule has 11 nitrogen and oxygen atoms in total. The second kappa shape index (κ2) is 11.2. The molecular weight excluding hydrogens is 605 g/mol. The minimum Gasteiger partial charge on any atom is -0.493 e. The number of likely N-dealkylation sites (tertiary alicyclic amines) is 1. The first-order chi connectivity index (χ1) is 19.1. The highest BCUT2D eigenvalue weighted by molar-refractivity contribution is 8.00. The van der Waals surface area contributed by atoms with Crippen LogP contribution in [0, 0.1) is 5.92 Å². The van der Waals surface area contributed by atoms with Crippen LogP contribution in [-0.4, -0.2) is 64.2 Å². The van der Waals surface area contributed by atoms with Crippen molar-refractivity contribution in [2.24, 2.45) is 5.92 Å². The van der Waals surface area contributed by atoms with E-state index in [1.165, 1.54) is 13.2 Å². The molecule has 3 heterocycles. The van der Waals surface area contributed by atoms with Gasteiger partial charge >= 0.3 is 10.8 Å². The monoisotopic (exact) mass is 623 g/mol. The Morgan fingerprint density at radius 3 is 2.55 bits per heavy atom. The Morgan fingerprint density at radius 2 is 1.85 bits per heavy atom. The Balaban J connectivity index is 1.41. The number of fused-ring (bicyclic) bond motifs is 2. The molecule has 2 aromatic carbocycles.